The highest BCUT2D eigenvalue weighted by Gasteiger charge is 2.91. The monoisotopic (exact) mass is 234 g/mol. The lowest BCUT2D eigenvalue weighted by Gasteiger charge is -2.30. The van der Waals surface area contributed by atoms with Crippen LogP contribution in [0.15, 0.2) is 11.7 Å². The minimum atomic E-state index is -5.06. The van der Waals surface area contributed by atoms with Crippen molar-refractivity contribution in [3.05, 3.63) is 11.7 Å². The summed E-state index contributed by atoms with van der Waals surface area (Å²) in [6.45, 7) is 0.286. The zero-order valence-corrected chi connectivity index (χ0v) is 7.35. The standard InChI is InChI=1S/C8H5F7/c1-5(11)2-6(12)3(9)4(10)7(5,13)8(6,14)15/h2H2,1H3. The van der Waals surface area contributed by atoms with E-state index in [-0.39, 0.29) is 6.92 Å². The molecule has 2 rings (SSSR count). The average molecular weight is 234 g/mol. The summed E-state index contributed by atoms with van der Waals surface area (Å²) in [5, 5.41) is 0. The van der Waals surface area contributed by atoms with Crippen LogP contribution in [0.25, 0.3) is 0 Å². The fraction of sp³-hybridized carbons (Fsp3) is 0.750. The maximum absolute atomic E-state index is 13.5. The second kappa shape index (κ2) is 2.17. The lowest BCUT2D eigenvalue weighted by molar-refractivity contribution is -0.170. The molecule has 0 radical (unpaired) electrons. The molecular weight excluding hydrogens is 229 g/mol. The molecule has 2 aliphatic rings. The Bertz CT molecular complexity index is 371. The van der Waals surface area contributed by atoms with E-state index in [0.29, 0.717) is 0 Å². The number of allylic oxidation sites excluding steroid dienone is 2. The SMILES string of the molecule is CC1(F)CC2(F)C(F)=C(F)C1(F)C2(F)F. The van der Waals surface area contributed by atoms with Crippen molar-refractivity contribution < 1.29 is 30.7 Å². The Morgan fingerprint density at radius 3 is 1.67 bits per heavy atom. The number of fused-ring (bicyclic) bond motifs is 2. The third kappa shape index (κ3) is 0.720. The van der Waals surface area contributed by atoms with Crippen molar-refractivity contribution in [3.8, 4) is 0 Å². The largest absolute Gasteiger partial charge is 0.331 e. The van der Waals surface area contributed by atoms with E-state index in [0.717, 1.165) is 0 Å². The maximum Gasteiger partial charge on any atom is 0.331 e. The molecule has 1 fully saturated rings. The van der Waals surface area contributed by atoms with E-state index in [1.54, 1.807) is 0 Å². The van der Waals surface area contributed by atoms with Crippen molar-refractivity contribution >= 4 is 0 Å². The quantitative estimate of drug-likeness (QED) is 0.564. The summed E-state index contributed by atoms with van der Waals surface area (Å²) in [7, 11) is 0. The third-order valence-electron chi connectivity index (χ3n) is 3.07. The van der Waals surface area contributed by atoms with Gasteiger partial charge in [-0.25, -0.2) is 22.0 Å². The van der Waals surface area contributed by atoms with E-state index in [1.807, 2.05) is 0 Å². The Balaban J connectivity index is 2.77. The van der Waals surface area contributed by atoms with Crippen LogP contribution in [0.1, 0.15) is 13.3 Å². The van der Waals surface area contributed by atoms with Gasteiger partial charge in [-0.2, -0.15) is 8.78 Å². The van der Waals surface area contributed by atoms with Gasteiger partial charge in [-0.05, 0) is 6.92 Å². The summed E-state index contributed by atoms with van der Waals surface area (Å²) in [5.74, 6) is -10.3. The molecule has 0 heterocycles. The van der Waals surface area contributed by atoms with E-state index in [4.69, 9.17) is 0 Å². The Morgan fingerprint density at radius 1 is 0.933 bits per heavy atom. The first kappa shape index (κ1) is 10.8. The predicted octanol–water partition coefficient (Wildman–Crippen LogP) is 3.33. The molecule has 3 unspecified atom stereocenters. The summed E-state index contributed by atoms with van der Waals surface area (Å²) >= 11 is 0. The van der Waals surface area contributed by atoms with E-state index >= 15 is 0 Å². The third-order valence-corrected chi connectivity index (χ3v) is 3.07. The summed E-state index contributed by atoms with van der Waals surface area (Å²) in [5.41, 5.74) is -12.2. The molecule has 15 heavy (non-hydrogen) atoms. The van der Waals surface area contributed by atoms with Crippen LogP contribution < -0.4 is 0 Å². The lowest BCUT2D eigenvalue weighted by Crippen LogP contribution is -2.52. The first-order valence-electron chi connectivity index (χ1n) is 4.03. The van der Waals surface area contributed by atoms with E-state index in [2.05, 4.69) is 0 Å². The van der Waals surface area contributed by atoms with Crippen LogP contribution in [0.3, 0.4) is 0 Å². The number of hydrogen-bond acceptors (Lipinski definition) is 0. The smallest absolute Gasteiger partial charge is 0.240 e. The summed E-state index contributed by atoms with van der Waals surface area (Å²) in [4.78, 5) is 0. The van der Waals surface area contributed by atoms with E-state index in [9.17, 15) is 30.7 Å². The van der Waals surface area contributed by atoms with Gasteiger partial charge in [-0.15, -0.1) is 0 Å². The summed E-state index contributed by atoms with van der Waals surface area (Å²) < 4.78 is 91.8. The Labute approximate surface area is 79.8 Å². The molecule has 2 bridgehead atoms. The molecule has 0 aliphatic heterocycles. The van der Waals surface area contributed by atoms with Crippen LogP contribution in [0.2, 0.25) is 0 Å². The maximum atomic E-state index is 13.5. The minimum Gasteiger partial charge on any atom is -0.240 e. The van der Waals surface area contributed by atoms with Crippen LogP contribution in [-0.2, 0) is 0 Å². The molecule has 0 spiro atoms. The van der Waals surface area contributed by atoms with Gasteiger partial charge in [0.2, 0.25) is 5.67 Å². The van der Waals surface area contributed by atoms with Crippen molar-refractivity contribution in [1.29, 1.82) is 0 Å². The zero-order chi connectivity index (χ0) is 11.9. The number of halogens is 7. The molecule has 0 aromatic carbocycles. The fourth-order valence-corrected chi connectivity index (χ4v) is 2.20. The topological polar surface area (TPSA) is 0 Å². The molecule has 0 aromatic rings. The van der Waals surface area contributed by atoms with Crippen molar-refractivity contribution in [3.63, 3.8) is 0 Å². The first-order chi connectivity index (χ1) is 6.52. The highest BCUT2D eigenvalue weighted by atomic mass is 19.3. The van der Waals surface area contributed by atoms with Gasteiger partial charge in [0, 0.05) is 6.42 Å². The Hall–Kier alpha value is -0.750. The molecule has 0 saturated heterocycles. The fourth-order valence-electron chi connectivity index (χ4n) is 2.20. The molecule has 7 heteroatoms. The highest BCUT2D eigenvalue weighted by Crippen LogP contribution is 2.71. The molecular formula is C8H5F7. The van der Waals surface area contributed by atoms with Gasteiger partial charge >= 0.3 is 5.92 Å². The van der Waals surface area contributed by atoms with Crippen LogP contribution in [-0.4, -0.2) is 22.9 Å². The Morgan fingerprint density at radius 2 is 1.40 bits per heavy atom. The molecule has 86 valence electrons. The van der Waals surface area contributed by atoms with Gasteiger partial charge in [0.15, 0.2) is 17.3 Å². The van der Waals surface area contributed by atoms with Gasteiger partial charge in [-0.1, -0.05) is 0 Å². The van der Waals surface area contributed by atoms with Gasteiger partial charge in [0.1, 0.15) is 0 Å². The second-order valence-electron chi connectivity index (χ2n) is 4.04. The summed E-state index contributed by atoms with van der Waals surface area (Å²) in [6.07, 6.45) is -1.73. The predicted molar refractivity (Wildman–Crippen MR) is 36.0 cm³/mol. The normalized spacial score (nSPS) is 52.8. The summed E-state index contributed by atoms with van der Waals surface area (Å²) in [6, 6.07) is 0. The van der Waals surface area contributed by atoms with E-state index < -0.39 is 41.0 Å². The number of rotatable bonds is 0. The van der Waals surface area contributed by atoms with E-state index in [1.165, 1.54) is 0 Å². The van der Waals surface area contributed by atoms with Crippen molar-refractivity contribution in [1.82, 2.24) is 0 Å². The molecule has 0 amide bonds. The van der Waals surface area contributed by atoms with Crippen LogP contribution in [0.4, 0.5) is 30.7 Å². The number of alkyl halides is 5. The lowest BCUT2D eigenvalue weighted by atomic mass is 9.87. The molecule has 3 atom stereocenters. The molecule has 0 nitrogen and oxygen atoms in total. The van der Waals surface area contributed by atoms with Gasteiger partial charge in [-0.3, -0.25) is 0 Å². The minimum absolute atomic E-state index is 0.286. The molecule has 0 aromatic heterocycles. The average Bonchev–Trinajstić information content (AvgIpc) is 2.25. The molecule has 1 saturated carbocycles. The van der Waals surface area contributed by atoms with Gasteiger partial charge in [0.05, 0.1) is 0 Å². The first-order valence-corrected chi connectivity index (χ1v) is 4.03. The number of hydrogen-bond donors (Lipinski definition) is 0. The van der Waals surface area contributed by atoms with Crippen molar-refractivity contribution in [2.75, 3.05) is 0 Å². The van der Waals surface area contributed by atoms with Crippen molar-refractivity contribution in [2.45, 2.75) is 36.3 Å². The Kier molecular flexibility index (Phi) is 1.56. The molecule has 2 aliphatic carbocycles. The second-order valence-corrected chi connectivity index (χ2v) is 4.04. The van der Waals surface area contributed by atoms with Gasteiger partial charge in [0.25, 0.3) is 5.67 Å². The van der Waals surface area contributed by atoms with Crippen LogP contribution in [0, 0.1) is 0 Å². The van der Waals surface area contributed by atoms with Crippen LogP contribution >= 0.6 is 0 Å². The highest BCUT2D eigenvalue weighted by molar-refractivity contribution is 5.48. The van der Waals surface area contributed by atoms with Gasteiger partial charge < -0.3 is 0 Å². The molecule has 0 N–H and O–H groups in total. The van der Waals surface area contributed by atoms with Crippen LogP contribution in [0.5, 0.6) is 0 Å². The van der Waals surface area contributed by atoms with Crippen molar-refractivity contribution in [2.24, 2.45) is 0 Å². The zero-order valence-electron chi connectivity index (χ0n) is 7.35.